The number of benzene rings is 2. The van der Waals surface area contributed by atoms with E-state index in [1.165, 1.54) is 12.1 Å². The van der Waals surface area contributed by atoms with Crippen molar-refractivity contribution in [3.8, 4) is 11.1 Å². The third-order valence-electron chi connectivity index (χ3n) is 2.86. The molecule has 0 aliphatic rings. The molecule has 22 heavy (non-hydrogen) atoms. The average Bonchev–Trinajstić information content (AvgIpc) is 2.45. The second-order valence-electron chi connectivity index (χ2n) is 4.42. The van der Waals surface area contributed by atoms with Crippen molar-refractivity contribution in [2.24, 2.45) is 0 Å². The van der Waals surface area contributed by atoms with E-state index in [0.29, 0.717) is 11.1 Å². The van der Waals surface area contributed by atoms with Crippen molar-refractivity contribution in [1.82, 2.24) is 0 Å². The molecule has 0 radical (unpaired) electrons. The van der Waals surface area contributed by atoms with Crippen LogP contribution in [0, 0.1) is 11.2 Å². The molecule has 0 unspecified atom stereocenters. The number of halogens is 5. The molecule has 0 aliphatic carbocycles. The molecule has 0 spiro atoms. The molecule has 2 aromatic carbocycles. The predicted octanol–water partition coefficient (Wildman–Crippen LogP) is 6.12. The summed E-state index contributed by atoms with van der Waals surface area (Å²) < 4.78 is 17.7. The first-order valence-electron chi connectivity index (χ1n) is 6.10. The molecular formula is C15H10BrCl3FNO. The molecule has 116 valence electrons. The summed E-state index contributed by atoms with van der Waals surface area (Å²) in [6.07, 6.45) is 0. The summed E-state index contributed by atoms with van der Waals surface area (Å²) in [5.74, 6) is -0.846. The fourth-order valence-electron chi connectivity index (χ4n) is 1.80. The van der Waals surface area contributed by atoms with Gasteiger partial charge in [-0.3, -0.25) is 5.41 Å². The Morgan fingerprint density at radius 3 is 2.36 bits per heavy atom. The second kappa shape index (κ2) is 7.18. The van der Waals surface area contributed by atoms with Gasteiger partial charge in [0.15, 0.2) is 0 Å². The zero-order valence-electron chi connectivity index (χ0n) is 11.0. The number of hydrogen-bond acceptors (Lipinski definition) is 2. The van der Waals surface area contributed by atoms with Gasteiger partial charge in [-0.05, 0) is 41.0 Å². The fraction of sp³-hybridized carbons (Fsp3) is 0.133. The first-order chi connectivity index (χ1) is 10.3. The van der Waals surface area contributed by atoms with Gasteiger partial charge in [-0.15, -0.1) is 0 Å². The summed E-state index contributed by atoms with van der Waals surface area (Å²) in [5.41, 5.74) is 2.16. The van der Waals surface area contributed by atoms with E-state index in [2.05, 4.69) is 15.9 Å². The van der Waals surface area contributed by atoms with Crippen molar-refractivity contribution in [1.29, 1.82) is 5.41 Å². The Kier molecular flexibility index (Phi) is 5.72. The minimum Gasteiger partial charge on any atom is -0.473 e. The van der Waals surface area contributed by atoms with E-state index < -0.39 is 9.69 Å². The Labute approximate surface area is 150 Å². The Balaban J connectivity index is 2.29. The number of alkyl halides is 3. The van der Waals surface area contributed by atoms with Crippen LogP contribution in [-0.4, -0.2) is 9.69 Å². The molecule has 2 aromatic rings. The van der Waals surface area contributed by atoms with Crippen LogP contribution < -0.4 is 0 Å². The van der Waals surface area contributed by atoms with E-state index in [1.54, 1.807) is 6.07 Å². The van der Waals surface area contributed by atoms with Gasteiger partial charge in [-0.25, -0.2) is 4.39 Å². The van der Waals surface area contributed by atoms with Gasteiger partial charge in [-0.2, -0.15) is 0 Å². The molecule has 7 heteroatoms. The molecule has 0 amide bonds. The Morgan fingerprint density at radius 1 is 1.14 bits per heavy atom. The second-order valence-corrected chi connectivity index (χ2v) is 7.62. The minimum atomic E-state index is -1.92. The lowest BCUT2D eigenvalue weighted by Crippen LogP contribution is -2.21. The molecule has 2 nitrogen and oxygen atoms in total. The summed E-state index contributed by atoms with van der Waals surface area (Å²) in [6, 6.07) is 11.7. The molecule has 0 aliphatic heterocycles. The summed E-state index contributed by atoms with van der Waals surface area (Å²) in [5, 5.41) is 7.54. The van der Waals surface area contributed by atoms with E-state index in [1.807, 2.05) is 24.3 Å². The summed E-state index contributed by atoms with van der Waals surface area (Å²) in [6.45, 7) is -0.00157. The van der Waals surface area contributed by atoms with Crippen molar-refractivity contribution in [2.45, 2.75) is 10.4 Å². The number of nitrogens with one attached hydrogen (secondary N) is 1. The van der Waals surface area contributed by atoms with Gasteiger partial charge >= 0.3 is 0 Å². The third kappa shape index (κ3) is 4.59. The number of ether oxygens (including phenoxy) is 1. The monoisotopic (exact) mass is 423 g/mol. The van der Waals surface area contributed by atoms with Crippen LogP contribution in [0.15, 0.2) is 46.9 Å². The van der Waals surface area contributed by atoms with Gasteiger partial charge in [0, 0.05) is 4.47 Å². The highest BCUT2D eigenvalue weighted by molar-refractivity contribution is 9.10. The molecule has 0 fully saturated rings. The Hall–Kier alpha value is -0.810. The minimum absolute atomic E-state index is 0.00157. The first-order valence-corrected chi connectivity index (χ1v) is 8.03. The molecule has 0 heterocycles. The van der Waals surface area contributed by atoms with Crippen LogP contribution in [-0.2, 0) is 11.3 Å². The molecule has 0 saturated carbocycles. The van der Waals surface area contributed by atoms with Gasteiger partial charge in [0.2, 0.25) is 5.90 Å². The maximum absolute atomic E-state index is 13.5. The van der Waals surface area contributed by atoms with Crippen LogP contribution in [0.1, 0.15) is 5.56 Å². The predicted molar refractivity (Wildman–Crippen MR) is 92.3 cm³/mol. The van der Waals surface area contributed by atoms with Gasteiger partial charge in [0.05, 0.1) is 0 Å². The summed E-state index contributed by atoms with van der Waals surface area (Å²) in [7, 11) is 0. The van der Waals surface area contributed by atoms with Gasteiger partial charge < -0.3 is 4.74 Å². The Bertz CT molecular complexity index is 686. The molecule has 0 aromatic heterocycles. The zero-order valence-corrected chi connectivity index (χ0v) is 14.9. The third-order valence-corrected chi connectivity index (χ3v) is 3.90. The van der Waals surface area contributed by atoms with Gasteiger partial charge in [0.1, 0.15) is 12.4 Å². The van der Waals surface area contributed by atoms with Crippen LogP contribution in [0.2, 0.25) is 0 Å². The summed E-state index contributed by atoms with van der Waals surface area (Å²) in [4.78, 5) is 0. The van der Waals surface area contributed by atoms with Gasteiger partial charge in [-0.1, -0.05) is 68.9 Å². The van der Waals surface area contributed by atoms with E-state index in [0.717, 1.165) is 10.0 Å². The SMILES string of the molecule is N=C(OCc1ccc(F)cc1-c1ccc(Br)cc1)C(Cl)(Cl)Cl. The molecular weight excluding hydrogens is 415 g/mol. The quantitative estimate of drug-likeness (QED) is 0.359. The lowest BCUT2D eigenvalue weighted by atomic mass is 10.00. The van der Waals surface area contributed by atoms with Crippen LogP contribution in [0.25, 0.3) is 11.1 Å². The molecule has 1 N–H and O–H groups in total. The normalized spacial score (nSPS) is 11.3. The van der Waals surface area contributed by atoms with Crippen molar-refractivity contribution in [3.63, 3.8) is 0 Å². The average molecular weight is 426 g/mol. The fourth-order valence-corrected chi connectivity index (χ4v) is 2.23. The number of rotatable bonds is 3. The molecule has 0 atom stereocenters. The van der Waals surface area contributed by atoms with E-state index in [9.17, 15) is 4.39 Å². The van der Waals surface area contributed by atoms with Crippen LogP contribution in [0.5, 0.6) is 0 Å². The summed E-state index contributed by atoms with van der Waals surface area (Å²) >= 11 is 20.0. The van der Waals surface area contributed by atoms with E-state index >= 15 is 0 Å². The van der Waals surface area contributed by atoms with Crippen LogP contribution in [0.4, 0.5) is 4.39 Å². The highest BCUT2D eigenvalue weighted by atomic mass is 79.9. The lowest BCUT2D eigenvalue weighted by Gasteiger charge is -2.15. The van der Waals surface area contributed by atoms with Crippen molar-refractivity contribution in [3.05, 3.63) is 58.3 Å². The van der Waals surface area contributed by atoms with Crippen LogP contribution >= 0.6 is 50.7 Å². The number of hydrogen-bond donors (Lipinski definition) is 1. The van der Waals surface area contributed by atoms with Crippen LogP contribution in [0.3, 0.4) is 0 Å². The van der Waals surface area contributed by atoms with Crippen molar-refractivity contribution in [2.75, 3.05) is 0 Å². The molecule has 2 rings (SSSR count). The molecule has 0 saturated heterocycles. The highest BCUT2D eigenvalue weighted by Crippen LogP contribution is 2.30. The van der Waals surface area contributed by atoms with Crippen molar-refractivity contribution >= 4 is 56.6 Å². The Morgan fingerprint density at radius 2 is 1.77 bits per heavy atom. The standard InChI is InChI=1S/C15H10BrCl3FNO/c16-11-4-1-9(2-5-11)13-7-12(20)6-3-10(13)8-22-14(21)15(17,18)19/h1-7,21H,8H2. The maximum Gasteiger partial charge on any atom is 0.265 e. The largest absolute Gasteiger partial charge is 0.473 e. The molecule has 0 bridgehead atoms. The highest BCUT2D eigenvalue weighted by Gasteiger charge is 2.28. The first kappa shape index (κ1) is 17.5. The lowest BCUT2D eigenvalue weighted by molar-refractivity contribution is 0.284. The topological polar surface area (TPSA) is 33.1 Å². The van der Waals surface area contributed by atoms with Crippen molar-refractivity contribution < 1.29 is 9.13 Å². The smallest absolute Gasteiger partial charge is 0.265 e. The zero-order chi connectivity index (χ0) is 16.3. The maximum atomic E-state index is 13.5. The van der Waals surface area contributed by atoms with Gasteiger partial charge in [0.25, 0.3) is 3.79 Å². The van der Waals surface area contributed by atoms with E-state index in [-0.39, 0.29) is 12.4 Å². The van der Waals surface area contributed by atoms with E-state index in [4.69, 9.17) is 44.9 Å².